The molecule has 0 radical (unpaired) electrons. The predicted octanol–water partition coefficient (Wildman–Crippen LogP) is 4.16. The Hall–Kier alpha value is -2.22. The summed E-state index contributed by atoms with van der Waals surface area (Å²) in [6, 6.07) is 7.51. The number of aromatic nitrogens is 2. The molecule has 1 amide bonds. The van der Waals surface area contributed by atoms with E-state index in [0.717, 1.165) is 17.4 Å². The van der Waals surface area contributed by atoms with Gasteiger partial charge >= 0.3 is 5.82 Å². The molecule has 4 atom stereocenters. The van der Waals surface area contributed by atoms with E-state index in [4.69, 9.17) is 0 Å². The van der Waals surface area contributed by atoms with Crippen molar-refractivity contribution in [3.05, 3.63) is 56.2 Å². The van der Waals surface area contributed by atoms with E-state index in [2.05, 4.69) is 33.3 Å². The summed E-state index contributed by atoms with van der Waals surface area (Å²) in [6.45, 7) is 2.52. The Morgan fingerprint density at radius 1 is 1.36 bits per heavy atom. The average Bonchev–Trinajstić information content (AvgIpc) is 3.38. The predicted molar refractivity (Wildman–Crippen MR) is 108 cm³/mol. The van der Waals surface area contributed by atoms with Crippen LogP contribution in [0.5, 0.6) is 0 Å². The molecule has 1 heterocycles. The Balaban J connectivity index is 1.36. The molecule has 1 aromatic heterocycles. The van der Waals surface area contributed by atoms with E-state index >= 15 is 0 Å². The lowest BCUT2D eigenvalue weighted by Gasteiger charge is -2.28. The first kappa shape index (κ1) is 19.1. The minimum atomic E-state index is -0.522. The van der Waals surface area contributed by atoms with Gasteiger partial charge in [-0.1, -0.05) is 18.6 Å². The number of nitrogens with one attached hydrogen (secondary N) is 1. The number of nitrogens with zero attached hydrogens (tertiary/aromatic N) is 3. The first-order chi connectivity index (χ1) is 13.4. The number of benzene rings is 1. The number of hydrogen-bond acceptors (Lipinski definition) is 4. The third-order valence-electron chi connectivity index (χ3n) is 6.23. The third-order valence-corrected chi connectivity index (χ3v) is 6.79. The van der Waals surface area contributed by atoms with E-state index in [1.165, 1.54) is 30.4 Å². The fourth-order valence-electron chi connectivity index (χ4n) is 4.84. The normalized spacial score (nSPS) is 24.3. The fourth-order valence-corrected chi connectivity index (χ4v) is 5.30. The van der Waals surface area contributed by atoms with Gasteiger partial charge in [0.2, 0.25) is 0 Å². The highest BCUT2D eigenvalue weighted by Gasteiger charge is 2.42. The smallest absolute Gasteiger partial charge is 0.358 e. The maximum atomic E-state index is 12.6. The van der Waals surface area contributed by atoms with Gasteiger partial charge in [0.1, 0.15) is 4.47 Å². The Kier molecular flexibility index (Phi) is 5.23. The molecule has 2 saturated carbocycles. The maximum absolute atomic E-state index is 12.6. The van der Waals surface area contributed by atoms with Gasteiger partial charge in [-0.15, -0.1) is 0 Å². The topological polar surface area (TPSA) is 90.1 Å². The van der Waals surface area contributed by atoms with Crippen molar-refractivity contribution in [2.75, 3.05) is 0 Å². The number of halogens is 1. The van der Waals surface area contributed by atoms with Crippen LogP contribution >= 0.6 is 15.9 Å². The molecule has 2 aromatic rings. The number of fused-ring (bicyclic) bond motifs is 2. The minimum Gasteiger partial charge on any atom is -0.358 e. The van der Waals surface area contributed by atoms with Crippen LogP contribution in [0.25, 0.3) is 0 Å². The molecular weight excluding hydrogens is 424 g/mol. The van der Waals surface area contributed by atoms with E-state index in [9.17, 15) is 14.9 Å². The first-order valence-corrected chi connectivity index (χ1v) is 10.5. The van der Waals surface area contributed by atoms with E-state index in [-0.39, 0.29) is 17.8 Å². The molecule has 1 aromatic carbocycles. The summed E-state index contributed by atoms with van der Waals surface area (Å²) < 4.78 is 1.86. The van der Waals surface area contributed by atoms with Crippen LogP contribution in [-0.4, -0.2) is 26.7 Å². The van der Waals surface area contributed by atoms with Crippen molar-refractivity contribution in [2.24, 2.45) is 17.8 Å². The van der Waals surface area contributed by atoms with E-state index < -0.39 is 4.92 Å². The lowest BCUT2D eigenvalue weighted by molar-refractivity contribution is -0.390. The fraction of sp³-hybridized carbons (Fsp3) is 0.500. The highest BCUT2D eigenvalue weighted by molar-refractivity contribution is 9.10. The number of amides is 1. The van der Waals surface area contributed by atoms with Gasteiger partial charge < -0.3 is 15.4 Å². The van der Waals surface area contributed by atoms with Crippen molar-refractivity contribution in [1.82, 2.24) is 15.1 Å². The quantitative estimate of drug-likeness (QED) is 0.532. The van der Waals surface area contributed by atoms with Gasteiger partial charge in [0.15, 0.2) is 0 Å². The van der Waals surface area contributed by atoms with Crippen LogP contribution in [0.4, 0.5) is 5.82 Å². The molecule has 0 unspecified atom stereocenters. The first-order valence-electron chi connectivity index (χ1n) is 9.68. The van der Waals surface area contributed by atoms with E-state index in [1.54, 1.807) is 18.3 Å². The number of nitro groups is 1. The Labute approximate surface area is 171 Å². The second-order valence-electron chi connectivity index (χ2n) is 8.05. The molecule has 0 spiro atoms. The van der Waals surface area contributed by atoms with Gasteiger partial charge in [0, 0.05) is 11.6 Å². The number of carbonyl (C=O) groups is 1. The van der Waals surface area contributed by atoms with Gasteiger partial charge in [-0.3, -0.25) is 4.79 Å². The molecule has 148 valence electrons. The SMILES string of the molecule is C[C@@H](NC(=O)c1ccc(Cn2cc(Br)c([N+](=O)[O-])n2)cc1)[C@@H]1C[C@@H]2CC[C@@H]1C2. The third kappa shape index (κ3) is 3.83. The van der Waals surface area contributed by atoms with Gasteiger partial charge in [0.25, 0.3) is 5.91 Å². The van der Waals surface area contributed by atoms with Crippen molar-refractivity contribution < 1.29 is 9.72 Å². The zero-order chi connectivity index (χ0) is 19.8. The molecule has 0 saturated heterocycles. The number of rotatable bonds is 6. The summed E-state index contributed by atoms with van der Waals surface area (Å²) >= 11 is 3.15. The molecule has 2 aliphatic rings. The van der Waals surface area contributed by atoms with Crippen molar-refractivity contribution in [2.45, 2.75) is 45.2 Å². The summed E-state index contributed by atoms with van der Waals surface area (Å²) in [7, 11) is 0. The summed E-state index contributed by atoms with van der Waals surface area (Å²) in [6.07, 6.45) is 6.83. The Morgan fingerprint density at radius 2 is 2.11 bits per heavy atom. The molecule has 8 heteroatoms. The van der Waals surface area contributed by atoms with Crippen molar-refractivity contribution in [3.8, 4) is 0 Å². The van der Waals surface area contributed by atoms with Gasteiger partial charge in [-0.2, -0.15) is 4.68 Å². The summed E-state index contributed by atoms with van der Waals surface area (Å²) in [5.41, 5.74) is 1.55. The monoisotopic (exact) mass is 446 g/mol. The molecule has 4 rings (SSSR count). The van der Waals surface area contributed by atoms with Crippen molar-refractivity contribution >= 4 is 27.7 Å². The number of hydrogen-bond donors (Lipinski definition) is 1. The largest absolute Gasteiger partial charge is 0.404 e. The molecule has 2 fully saturated rings. The number of carbonyl (C=O) groups excluding carboxylic acids is 1. The van der Waals surface area contributed by atoms with Crippen LogP contribution in [0.2, 0.25) is 0 Å². The molecular formula is C20H23BrN4O3. The summed E-state index contributed by atoms with van der Waals surface area (Å²) in [5.74, 6) is 2.01. The van der Waals surface area contributed by atoms with Crippen LogP contribution in [0.15, 0.2) is 34.9 Å². The average molecular weight is 447 g/mol. The minimum absolute atomic E-state index is 0.0423. The molecule has 7 nitrogen and oxygen atoms in total. The maximum Gasteiger partial charge on any atom is 0.404 e. The molecule has 2 bridgehead atoms. The van der Waals surface area contributed by atoms with Gasteiger partial charge in [-0.25, -0.2) is 0 Å². The zero-order valence-corrected chi connectivity index (χ0v) is 17.3. The highest BCUT2D eigenvalue weighted by atomic mass is 79.9. The lowest BCUT2D eigenvalue weighted by atomic mass is 9.84. The van der Waals surface area contributed by atoms with E-state index in [1.807, 2.05) is 12.1 Å². The van der Waals surface area contributed by atoms with Crippen molar-refractivity contribution in [1.29, 1.82) is 0 Å². The Bertz CT molecular complexity index is 895. The van der Waals surface area contributed by atoms with Crippen LogP contribution < -0.4 is 5.32 Å². The molecule has 2 aliphatic carbocycles. The van der Waals surface area contributed by atoms with Crippen LogP contribution in [-0.2, 0) is 6.54 Å². The molecule has 28 heavy (non-hydrogen) atoms. The summed E-state index contributed by atoms with van der Waals surface area (Å²) in [5, 5.41) is 18.0. The van der Waals surface area contributed by atoms with Crippen LogP contribution in [0.1, 0.15) is 48.5 Å². The van der Waals surface area contributed by atoms with Crippen molar-refractivity contribution in [3.63, 3.8) is 0 Å². The standard InChI is InChI=1S/C20H23BrN4O3/c1-12(17-9-14-4-7-16(17)8-14)22-20(26)15-5-2-13(3-6-15)10-24-11-18(21)19(23-24)25(27)28/h2-3,5-6,11-12,14,16-17H,4,7-10H2,1H3,(H,22,26)/t12-,14-,16-,17+/m1/s1. The second kappa shape index (κ2) is 7.66. The molecule has 1 N–H and O–H groups in total. The second-order valence-corrected chi connectivity index (χ2v) is 8.91. The van der Waals surface area contributed by atoms with Gasteiger partial charge in [-0.05, 0) is 82.5 Å². The Morgan fingerprint density at radius 3 is 2.68 bits per heavy atom. The van der Waals surface area contributed by atoms with Crippen LogP contribution in [0, 0.1) is 27.9 Å². The van der Waals surface area contributed by atoms with Gasteiger partial charge in [0.05, 0.1) is 17.8 Å². The zero-order valence-electron chi connectivity index (χ0n) is 15.7. The highest BCUT2D eigenvalue weighted by Crippen LogP contribution is 2.49. The van der Waals surface area contributed by atoms with Crippen LogP contribution in [0.3, 0.4) is 0 Å². The van der Waals surface area contributed by atoms with E-state index in [0.29, 0.717) is 22.5 Å². The summed E-state index contributed by atoms with van der Waals surface area (Å²) in [4.78, 5) is 23.0. The molecule has 0 aliphatic heterocycles. The lowest BCUT2D eigenvalue weighted by Crippen LogP contribution is -2.40.